The number of pyridine rings is 1. The van der Waals surface area contributed by atoms with Crippen LogP contribution in [0.25, 0.3) is 33.7 Å². The van der Waals surface area contributed by atoms with Crippen LogP contribution in [0.4, 0.5) is 5.69 Å². The van der Waals surface area contributed by atoms with Gasteiger partial charge in [0, 0.05) is 21.0 Å². The molecule has 0 saturated heterocycles. The van der Waals surface area contributed by atoms with Gasteiger partial charge in [0.1, 0.15) is 11.5 Å². The van der Waals surface area contributed by atoms with Crippen LogP contribution in [0.3, 0.4) is 0 Å². The summed E-state index contributed by atoms with van der Waals surface area (Å²) in [6, 6.07) is 22.6. The largest absolute Gasteiger partial charge is 0.454 e. The smallest absolute Gasteiger partial charge is 0.256 e. The quantitative estimate of drug-likeness (QED) is 0.253. The number of carbonyl (C=O) groups excluding carboxylic acids is 1. The molecule has 168 valence electrons. The Morgan fingerprint density at radius 3 is 2.29 bits per heavy atom. The molecule has 2 aromatic heterocycles. The van der Waals surface area contributed by atoms with Crippen LogP contribution in [0, 0.1) is 0 Å². The van der Waals surface area contributed by atoms with Crippen molar-refractivity contribution in [2.24, 2.45) is 0 Å². The Bertz CT molecular complexity index is 1560. The standard InChI is InChI=1S/C26H14Cl4N2O2/c27-14-5-7-19(29)18(11-14)24-9-10-25(34-24)23-13-17(16-3-1-2-4-21(16)31-23)26(33)32-22-12-15(28)6-8-20(22)30/h1-13H,(H,32,33). The Morgan fingerprint density at radius 1 is 0.765 bits per heavy atom. The first-order chi connectivity index (χ1) is 16.4. The molecule has 0 atom stereocenters. The molecule has 0 bridgehead atoms. The van der Waals surface area contributed by atoms with Crippen LogP contribution in [0.15, 0.2) is 83.3 Å². The summed E-state index contributed by atoms with van der Waals surface area (Å²) in [4.78, 5) is 18.0. The van der Waals surface area contributed by atoms with Crippen molar-refractivity contribution in [3.63, 3.8) is 0 Å². The molecule has 5 aromatic rings. The van der Waals surface area contributed by atoms with Gasteiger partial charge in [-0.05, 0) is 60.7 Å². The molecule has 0 radical (unpaired) electrons. The van der Waals surface area contributed by atoms with Gasteiger partial charge in [-0.3, -0.25) is 4.79 Å². The number of halogens is 4. The van der Waals surface area contributed by atoms with Crippen LogP contribution in [0.5, 0.6) is 0 Å². The van der Waals surface area contributed by atoms with Gasteiger partial charge in [0.05, 0.1) is 26.8 Å². The second-order valence-electron chi connectivity index (χ2n) is 7.44. The summed E-state index contributed by atoms with van der Waals surface area (Å²) >= 11 is 24.8. The summed E-state index contributed by atoms with van der Waals surface area (Å²) in [6.45, 7) is 0. The molecule has 8 heteroatoms. The Kier molecular flexibility index (Phi) is 6.24. The van der Waals surface area contributed by atoms with Gasteiger partial charge in [-0.25, -0.2) is 4.98 Å². The van der Waals surface area contributed by atoms with Crippen LogP contribution in [-0.2, 0) is 0 Å². The lowest BCUT2D eigenvalue weighted by Crippen LogP contribution is -2.13. The Labute approximate surface area is 215 Å². The van der Waals surface area contributed by atoms with Crippen molar-refractivity contribution < 1.29 is 9.21 Å². The van der Waals surface area contributed by atoms with Crippen LogP contribution in [0.1, 0.15) is 10.4 Å². The summed E-state index contributed by atoms with van der Waals surface area (Å²) in [5, 5.41) is 5.42. The number of hydrogen-bond donors (Lipinski definition) is 1. The summed E-state index contributed by atoms with van der Waals surface area (Å²) in [5.74, 6) is 0.662. The van der Waals surface area contributed by atoms with Crippen molar-refractivity contribution in [1.82, 2.24) is 4.98 Å². The minimum atomic E-state index is -0.353. The number of aromatic nitrogens is 1. The first kappa shape index (κ1) is 22.8. The number of benzene rings is 3. The lowest BCUT2D eigenvalue weighted by atomic mass is 10.1. The molecule has 1 amide bonds. The molecule has 0 aliphatic rings. The molecule has 0 aliphatic carbocycles. The van der Waals surface area contributed by atoms with Gasteiger partial charge in [0.15, 0.2) is 5.76 Å². The van der Waals surface area contributed by atoms with E-state index in [0.717, 1.165) is 0 Å². The van der Waals surface area contributed by atoms with E-state index in [9.17, 15) is 4.79 Å². The lowest BCUT2D eigenvalue weighted by Gasteiger charge is -2.11. The van der Waals surface area contributed by atoms with Gasteiger partial charge in [-0.15, -0.1) is 0 Å². The lowest BCUT2D eigenvalue weighted by molar-refractivity contribution is 0.102. The van der Waals surface area contributed by atoms with Gasteiger partial charge < -0.3 is 9.73 Å². The van der Waals surface area contributed by atoms with Crippen LogP contribution >= 0.6 is 46.4 Å². The molecule has 0 spiro atoms. The number of nitrogens with zero attached hydrogens (tertiary/aromatic N) is 1. The van der Waals surface area contributed by atoms with Crippen molar-refractivity contribution in [2.45, 2.75) is 0 Å². The maximum atomic E-state index is 13.3. The number of nitrogens with one attached hydrogen (secondary N) is 1. The highest BCUT2D eigenvalue weighted by atomic mass is 35.5. The first-order valence-electron chi connectivity index (χ1n) is 10.1. The van der Waals surface area contributed by atoms with Crippen LogP contribution in [0.2, 0.25) is 20.1 Å². The zero-order chi connectivity index (χ0) is 23.8. The number of amides is 1. The number of carbonyl (C=O) groups is 1. The summed E-state index contributed by atoms with van der Waals surface area (Å²) in [6.07, 6.45) is 0. The number of anilines is 1. The van der Waals surface area contributed by atoms with Gasteiger partial charge in [0.25, 0.3) is 5.91 Å². The fourth-order valence-electron chi connectivity index (χ4n) is 3.58. The molecule has 34 heavy (non-hydrogen) atoms. The number of furan rings is 1. The predicted molar refractivity (Wildman–Crippen MR) is 139 cm³/mol. The zero-order valence-electron chi connectivity index (χ0n) is 17.3. The van der Waals surface area contributed by atoms with Gasteiger partial charge in [0.2, 0.25) is 0 Å². The Hall–Kier alpha value is -3.02. The van der Waals surface area contributed by atoms with Crippen molar-refractivity contribution in [2.75, 3.05) is 5.32 Å². The molecule has 5 rings (SSSR count). The minimum Gasteiger partial charge on any atom is -0.454 e. The third-order valence-electron chi connectivity index (χ3n) is 5.19. The average Bonchev–Trinajstić information content (AvgIpc) is 3.32. The minimum absolute atomic E-state index is 0.353. The van der Waals surface area contributed by atoms with Gasteiger partial charge in [-0.1, -0.05) is 64.6 Å². The molecule has 0 fully saturated rings. The summed E-state index contributed by atoms with van der Waals surface area (Å²) in [7, 11) is 0. The van der Waals surface area contributed by atoms with E-state index in [1.54, 1.807) is 54.6 Å². The zero-order valence-corrected chi connectivity index (χ0v) is 20.3. The van der Waals surface area contributed by atoms with Crippen molar-refractivity contribution in [3.05, 3.63) is 105 Å². The van der Waals surface area contributed by atoms with Crippen molar-refractivity contribution in [3.8, 4) is 22.8 Å². The SMILES string of the molecule is O=C(Nc1cc(Cl)ccc1Cl)c1cc(-c2ccc(-c3cc(Cl)ccc3Cl)o2)nc2ccccc12. The molecule has 3 aromatic carbocycles. The van der Waals surface area contributed by atoms with Crippen molar-refractivity contribution in [1.29, 1.82) is 0 Å². The molecule has 1 N–H and O–H groups in total. The number of para-hydroxylation sites is 1. The maximum Gasteiger partial charge on any atom is 0.256 e. The predicted octanol–water partition coefficient (Wildman–Crippen LogP) is 9.03. The fraction of sp³-hybridized carbons (Fsp3) is 0. The third kappa shape index (κ3) is 4.50. The van der Waals surface area contributed by atoms with E-state index in [4.69, 9.17) is 55.8 Å². The number of rotatable bonds is 4. The average molecular weight is 528 g/mol. The maximum absolute atomic E-state index is 13.3. The van der Waals surface area contributed by atoms with Crippen LogP contribution < -0.4 is 5.32 Å². The normalized spacial score (nSPS) is 11.1. The van der Waals surface area contributed by atoms with Crippen LogP contribution in [-0.4, -0.2) is 10.9 Å². The van der Waals surface area contributed by atoms with Gasteiger partial charge >= 0.3 is 0 Å². The summed E-state index contributed by atoms with van der Waals surface area (Å²) < 4.78 is 6.05. The van der Waals surface area contributed by atoms with Crippen molar-refractivity contribution >= 4 is 68.9 Å². The topological polar surface area (TPSA) is 55.1 Å². The highest BCUT2D eigenvalue weighted by Crippen LogP contribution is 2.35. The molecule has 4 nitrogen and oxygen atoms in total. The fourth-order valence-corrected chi connectivity index (χ4v) is 4.30. The number of hydrogen-bond acceptors (Lipinski definition) is 3. The van der Waals surface area contributed by atoms with E-state index < -0.39 is 0 Å². The summed E-state index contributed by atoms with van der Waals surface area (Å²) in [5.41, 5.74) is 2.62. The Balaban J connectivity index is 1.58. The second-order valence-corrected chi connectivity index (χ2v) is 9.13. The highest BCUT2D eigenvalue weighted by Gasteiger charge is 2.18. The second kappa shape index (κ2) is 9.32. The Morgan fingerprint density at radius 2 is 1.47 bits per heavy atom. The number of fused-ring (bicyclic) bond motifs is 1. The molecule has 0 aliphatic heterocycles. The van der Waals surface area contributed by atoms with Gasteiger partial charge in [-0.2, -0.15) is 0 Å². The third-order valence-corrected chi connectivity index (χ3v) is 6.32. The molecule has 0 saturated carbocycles. The first-order valence-corrected chi connectivity index (χ1v) is 11.6. The highest BCUT2D eigenvalue weighted by molar-refractivity contribution is 6.36. The van der Waals surface area contributed by atoms with E-state index in [-0.39, 0.29) is 5.91 Å². The van der Waals surface area contributed by atoms with E-state index in [1.165, 1.54) is 0 Å². The van der Waals surface area contributed by atoms with E-state index in [1.807, 2.05) is 24.3 Å². The van der Waals surface area contributed by atoms with E-state index >= 15 is 0 Å². The van der Waals surface area contributed by atoms with E-state index in [0.29, 0.717) is 65.0 Å². The molecular weight excluding hydrogens is 514 g/mol. The monoisotopic (exact) mass is 526 g/mol. The molecular formula is C26H14Cl4N2O2. The molecule has 0 unspecified atom stereocenters. The van der Waals surface area contributed by atoms with E-state index in [2.05, 4.69) is 5.32 Å². The molecule has 2 heterocycles.